The highest BCUT2D eigenvalue weighted by molar-refractivity contribution is 9.10. The van der Waals surface area contributed by atoms with Crippen LogP contribution < -0.4 is 16.6 Å². The van der Waals surface area contributed by atoms with Crippen LogP contribution in [-0.2, 0) is 0 Å². The number of halogens is 2. The predicted molar refractivity (Wildman–Crippen MR) is 78.8 cm³/mol. The molecule has 0 aliphatic heterocycles. The first-order valence-corrected chi connectivity index (χ1v) is 6.51. The number of nitrogens with two attached hydrogens (primary N) is 1. The summed E-state index contributed by atoms with van der Waals surface area (Å²) in [5, 5.41) is 2.65. The molecule has 0 fully saturated rings. The molecule has 0 radical (unpaired) electrons. The average Bonchev–Trinajstić information content (AvgIpc) is 2.44. The van der Waals surface area contributed by atoms with E-state index in [2.05, 4.69) is 31.7 Å². The Morgan fingerprint density at radius 2 is 2.15 bits per heavy atom. The van der Waals surface area contributed by atoms with Crippen LogP contribution in [0.3, 0.4) is 0 Å². The molecule has 1 amide bonds. The molecule has 0 aliphatic carbocycles. The lowest BCUT2D eigenvalue weighted by molar-refractivity contribution is 0.102. The van der Waals surface area contributed by atoms with Gasteiger partial charge >= 0.3 is 0 Å². The number of hydrogen-bond acceptors (Lipinski definition) is 4. The molecule has 20 heavy (non-hydrogen) atoms. The van der Waals surface area contributed by atoms with E-state index in [1.54, 1.807) is 12.1 Å². The molecular formula is C13H12BrFN4O. The van der Waals surface area contributed by atoms with Crippen LogP contribution in [-0.4, -0.2) is 10.9 Å². The van der Waals surface area contributed by atoms with E-state index in [0.29, 0.717) is 5.69 Å². The second-order valence-electron chi connectivity index (χ2n) is 4.03. The Morgan fingerprint density at radius 3 is 2.85 bits per heavy atom. The summed E-state index contributed by atoms with van der Waals surface area (Å²) in [4.78, 5) is 15.8. The van der Waals surface area contributed by atoms with Gasteiger partial charge in [-0.2, -0.15) is 0 Å². The second kappa shape index (κ2) is 5.98. The van der Waals surface area contributed by atoms with E-state index in [1.807, 2.05) is 13.0 Å². The lowest BCUT2D eigenvalue weighted by atomic mass is 10.1. The number of nitrogens with zero attached hydrogens (tertiary/aromatic N) is 1. The summed E-state index contributed by atoms with van der Waals surface area (Å²) >= 11 is 3.37. The zero-order valence-corrected chi connectivity index (χ0v) is 12.2. The fourth-order valence-corrected chi connectivity index (χ4v) is 2.02. The molecular weight excluding hydrogens is 327 g/mol. The van der Waals surface area contributed by atoms with Gasteiger partial charge in [0.25, 0.3) is 5.91 Å². The number of benzene rings is 1. The maximum absolute atomic E-state index is 13.9. The Labute approximate surface area is 123 Å². The van der Waals surface area contributed by atoms with Gasteiger partial charge in [0.2, 0.25) is 0 Å². The molecule has 0 bridgehead atoms. The van der Waals surface area contributed by atoms with Gasteiger partial charge in [0.1, 0.15) is 0 Å². The molecule has 0 atom stereocenters. The maximum Gasteiger partial charge on any atom is 0.258 e. The van der Waals surface area contributed by atoms with Crippen LogP contribution >= 0.6 is 15.9 Å². The Bertz CT molecular complexity index is 663. The number of carbonyl (C=O) groups excluding carboxylic acids is 1. The topological polar surface area (TPSA) is 80.0 Å². The van der Waals surface area contributed by atoms with Crippen molar-refractivity contribution in [2.45, 2.75) is 6.92 Å². The highest BCUT2D eigenvalue weighted by Gasteiger charge is 2.16. The molecule has 1 aromatic carbocycles. The third kappa shape index (κ3) is 2.78. The van der Waals surface area contributed by atoms with Crippen LogP contribution in [0.5, 0.6) is 0 Å². The molecule has 5 nitrogen and oxygen atoms in total. The molecule has 0 spiro atoms. The number of carbonyl (C=O) groups is 1. The Morgan fingerprint density at radius 1 is 1.40 bits per heavy atom. The minimum atomic E-state index is -0.792. The summed E-state index contributed by atoms with van der Waals surface area (Å²) < 4.78 is 14.8. The van der Waals surface area contributed by atoms with Gasteiger partial charge in [-0.25, -0.2) is 15.2 Å². The number of nitrogen functional groups attached to an aromatic ring is 1. The van der Waals surface area contributed by atoms with Crippen LogP contribution in [0.2, 0.25) is 0 Å². The number of hydrazine groups is 1. The summed E-state index contributed by atoms with van der Waals surface area (Å²) in [5.41, 5.74) is 3.42. The first-order valence-electron chi connectivity index (χ1n) is 5.72. The summed E-state index contributed by atoms with van der Waals surface area (Å²) in [6, 6.07) is 6.66. The predicted octanol–water partition coefficient (Wildman–Crippen LogP) is 2.83. The van der Waals surface area contributed by atoms with Crippen LogP contribution in [0.4, 0.5) is 15.9 Å². The molecule has 0 saturated carbocycles. The van der Waals surface area contributed by atoms with Crippen LogP contribution in [0, 0.1) is 12.7 Å². The Hall–Kier alpha value is -1.99. The average molecular weight is 339 g/mol. The quantitative estimate of drug-likeness (QED) is 0.593. The van der Waals surface area contributed by atoms with Crippen LogP contribution in [0.1, 0.15) is 15.9 Å². The number of pyridine rings is 1. The van der Waals surface area contributed by atoms with Crippen molar-refractivity contribution in [3.8, 4) is 0 Å². The van der Waals surface area contributed by atoms with E-state index in [1.165, 1.54) is 12.3 Å². The van der Waals surface area contributed by atoms with Crippen molar-refractivity contribution in [2.24, 2.45) is 5.84 Å². The van der Waals surface area contributed by atoms with Crippen LogP contribution in [0.15, 0.2) is 34.9 Å². The fraction of sp³-hybridized carbons (Fsp3) is 0.0769. The van der Waals surface area contributed by atoms with Gasteiger partial charge < -0.3 is 10.7 Å². The summed E-state index contributed by atoms with van der Waals surface area (Å²) in [5.74, 6) is 3.59. The molecule has 4 N–H and O–H groups in total. The molecule has 1 heterocycles. The molecule has 2 aromatic rings. The first-order chi connectivity index (χ1) is 9.54. The van der Waals surface area contributed by atoms with Crippen molar-refractivity contribution in [2.75, 3.05) is 10.7 Å². The molecule has 0 aliphatic rings. The van der Waals surface area contributed by atoms with Crippen molar-refractivity contribution < 1.29 is 9.18 Å². The van der Waals surface area contributed by atoms with Gasteiger partial charge in [-0.15, -0.1) is 0 Å². The van der Waals surface area contributed by atoms with E-state index in [4.69, 9.17) is 5.84 Å². The molecule has 104 valence electrons. The molecule has 7 heteroatoms. The third-order valence-electron chi connectivity index (χ3n) is 2.79. The van der Waals surface area contributed by atoms with Crippen molar-refractivity contribution in [1.29, 1.82) is 0 Å². The van der Waals surface area contributed by atoms with E-state index in [-0.39, 0.29) is 11.4 Å². The number of amides is 1. The number of aromatic nitrogens is 1. The van der Waals surface area contributed by atoms with E-state index in [0.717, 1.165) is 10.0 Å². The van der Waals surface area contributed by atoms with E-state index < -0.39 is 11.7 Å². The fourth-order valence-electron chi connectivity index (χ4n) is 1.65. The van der Waals surface area contributed by atoms with Gasteiger partial charge in [0, 0.05) is 16.4 Å². The van der Waals surface area contributed by atoms with Crippen molar-refractivity contribution in [3.05, 3.63) is 51.9 Å². The van der Waals surface area contributed by atoms with Gasteiger partial charge in [-0.3, -0.25) is 4.79 Å². The molecule has 2 rings (SSSR count). The second-order valence-corrected chi connectivity index (χ2v) is 4.89. The molecule has 0 unspecified atom stereocenters. The van der Waals surface area contributed by atoms with Gasteiger partial charge in [0.05, 0.1) is 5.56 Å². The first kappa shape index (κ1) is 14.4. The summed E-state index contributed by atoms with van der Waals surface area (Å²) in [6.07, 6.45) is 1.31. The maximum atomic E-state index is 13.9. The SMILES string of the molecule is Cc1c(Br)cccc1NC(=O)c1ccnc(NN)c1F. The lowest BCUT2D eigenvalue weighted by Gasteiger charge is -2.11. The minimum absolute atomic E-state index is 0.132. The monoisotopic (exact) mass is 338 g/mol. The highest BCUT2D eigenvalue weighted by Crippen LogP contribution is 2.24. The number of nitrogens with one attached hydrogen (secondary N) is 2. The largest absolute Gasteiger partial charge is 0.322 e. The summed E-state index contributed by atoms with van der Waals surface area (Å²) in [7, 11) is 0. The van der Waals surface area contributed by atoms with Crippen molar-refractivity contribution in [1.82, 2.24) is 4.98 Å². The normalized spacial score (nSPS) is 10.2. The minimum Gasteiger partial charge on any atom is -0.322 e. The van der Waals surface area contributed by atoms with Gasteiger partial charge in [-0.05, 0) is 30.7 Å². The van der Waals surface area contributed by atoms with E-state index >= 15 is 0 Å². The number of anilines is 2. The summed E-state index contributed by atoms with van der Waals surface area (Å²) in [6.45, 7) is 1.84. The number of hydrogen-bond donors (Lipinski definition) is 3. The van der Waals surface area contributed by atoms with E-state index in [9.17, 15) is 9.18 Å². The standard InChI is InChI=1S/C13H12BrFN4O/c1-7-9(14)3-2-4-10(7)18-13(20)8-5-6-17-12(19-16)11(8)15/h2-6H,16H2,1H3,(H,17,19)(H,18,20). The highest BCUT2D eigenvalue weighted by atomic mass is 79.9. The molecule has 0 saturated heterocycles. The van der Waals surface area contributed by atoms with Gasteiger partial charge in [0.15, 0.2) is 11.6 Å². The lowest BCUT2D eigenvalue weighted by Crippen LogP contribution is -2.18. The van der Waals surface area contributed by atoms with Crippen molar-refractivity contribution in [3.63, 3.8) is 0 Å². The van der Waals surface area contributed by atoms with Crippen LogP contribution in [0.25, 0.3) is 0 Å². The third-order valence-corrected chi connectivity index (χ3v) is 3.65. The molecule has 1 aromatic heterocycles. The number of rotatable bonds is 3. The Balaban J connectivity index is 2.31. The van der Waals surface area contributed by atoms with Gasteiger partial charge in [-0.1, -0.05) is 22.0 Å². The zero-order valence-electron chi connectivity index (χ0n) is 10.6. The zero-order chi connectivity index (χ0) is 14.7. The smallest absolute Gasteiger partial charge is 0.258 e. The van der Waals surface area contributed by atoms with Crippen molar-refractivity contribution >= 4 is 33.3 Å². The Kier molecular flexibility index (Phi) is 4.31.